The quantitative estimate of drug-likeness (QED) is 0.831. The Kier molecular flexibility index (Phi) is 5.09. The Hall–Kier alpha value is -2.06. The van der Waals surface area contributed by atoms with Crippen LogP contribution in [0.15, 0.2) is 40.4 Å². The van der Waals surface area contributed by atoms with Crippen LogP contribution in [0.3, 0.4) is 0 Å². The number of nitrogens with zero attached hydrogens (tertiary/aromatic N) is 3. The second kappa shape index (κ2) is 7.40. The summed E-state index contributed by atoms with van der Waals surface area (Å²) in [6.45, 7) is 6.14. The lowest BCUT2D eigenvalue weighted by Gasteiger charge is -2.18. The molecule has 28 heavy (non-hydrogen) atoms. The van der Waals surface area contributed by atoms with E-state index in [-0.39, 0.29) is 17.5 Å². The van der Waals surface area contributed by atoms with Crippen LogP contribution in [0.1, 0.15) is 35.0 Å². The number of benzene rings is 1. The van der Waals surface area contributed by atoms with Crippen molar-refractivity contribution >= 4 is 38.2 Å². The first-order valence-corrected chi connectivity index (χ1v) is 12.1. The topological polar surface area (TPSA) is 75.8 Å². The molecule has 0 radical (unpaired) electrons. The fourth-order valence-electron chi connectivity index (χ4n) is 3.86. The number of hydrazone groups is 1. The van der Waals surface area contributed by atoms with E-state index < -0.39 is 9.84 Å². The second-order valence-corrected chi connectivity index (χ2v) is 10.6. The molecule has 6 nitrogen and oxygen atoms in total. The van der Waals surface area contributed by atoms with Gasteiger partial charge in [0.05, 0.1) is 22.9 Å². The summed E-state index contributed by atoms with van der Waals surface area (Å²) in [6, 6.07) is 10.2. The summed E-state index contributed by atoms with van der Waals surface area (Å²) in [6.07, 6.45) is 0.685. The van der Waals surface area contributed by atoms with Gasteiger partial charge in [-0.1, -0.05) is 29.5 Å². The standard InChI is InChI=1S/C20H24N4O2S2/c1-13-4-6-16(7-5-13)21-20-23-22-19(11-27-20)18-10-14(2)24(15(18)3)17-8-9-28(25,26)12-17/h4-7,10,17H,8-9,11-12H2,1-3H3,(H,21,23)/t17-/m0/s1. The van der Waals surface area contributed by atoms with E-state index in [1.807, 2.05) is 31.2 Å². The molecule has 1 atom stereocenters. The molecule has 0 saturated carbocycles. The van der Waals surface area contributed by atoms with Crippen LogP contribution >= 0.6 is 11.8 Å². The summed E-state index contributed by atoms with van der Waals surface area (Å²) in [5, 5.41) is 5.33. The first-order valence-electron chi connectivity index (χ1n) is 9.32. The van der Waals surface area contributed by atoms with Gasteiger partial charge in [-0.25, -0.2) is 13.4 Å². The molecule has 0 bridgehead atoms. The van der Waals surface area contributed by atoms with E-state index in [1.54, 1.807) is 11.8 Å². The van der Waals surface area contributed by atoms with E-state index in [4.69, 9.17) is 0 Å². The van der Waals surface area contributed by atoms with Crippen molar-refractivity contribution in [3.8, 4) is 0 Å². The number of thioether (sulfide) groups is 1. The molecule has 2 aromatic rings. The minimum Gasteiger partial charge on any atom is -0.344 e. The van der Waals surface area contributed by atoms with E-state index in [9.17, 15) is 8.42 Å². The monoisotopic (exact) mass is 416 g/mol. The van der Waals surface area contributed by atoms with Crippen LogP contribution in [0.4, 0.5) is 5.69 Å². The van der Waals surface area contributed by atoms with E-state index in [1.165, 1.54) is 5.56 Å². The first kappa shape index (κ1) is 19.3. The zero-order chi connectivity index (χ0) is 19.9. The summed E-state index contributed by atoms with van der Waals surface area (Å²) >= 11 is 1.62. The van der Waals surface area contributed by atoms with Crippen molar-refractivity contribution in [2.75, 3.05) is 17.3 Å². The maximum Gasteiger partial charge on any atom is 0.182 e. The summed E-state index contributed by atoms with van der Waals surface area (Å²) in [5.74, 6) is 1.24. The second-order valence-electron chi connectivity index (χ2n) is 7.42. The Morgan fingerprint density at radius 3 is 2.57 bits per heavy atom. The Morgan fingerprint density at radius 1 is 1.21 bits per heavy atom. The third kappa shape index (κ3) is 3.89. The molecule has 0 amide bonds. The van der Waals surface area contributed by atoms with Crippen LogP contribution < -0.4 is 5.43 Å². The SMILES string of the molecule is Cc1ccc(N=C2NN=C(c3cc(C)n([C@H]4CCS(=O)(=O)C4)c3C)CS2)cc1. The molecule has 1 aromatic heterocycles. The minimum absolute atomic E-state index is 0.0298. The number of hydrogen-bond acceptors (Lipinski definition) is 5. The summed E-state index contributed by atoms with van der Waals surface area (Å²) in [7, 11) is -2.92. The number of rotatable bonds is 3. The Morgan fingerprint density at radius 2 is 1.96 bits per heavy atom. The van der Waals surface area contributed by atoms with E-state index in [0.717, 1.165) is 39.3 Å². The van der Waals surface area contributed by atoms with Crippen LogP contribution in [0.2, 0.25) is 0 Å². The van der Waals surface area contributed by atoms with E-state index >= 15 is 0 Å². The normalized spacial score (nSPS) is 22.9. The molecule has 1 N–H and O–H groups in total. The molecule has 0 aliphatic carbocycles. The smallest absolute Gasteiger partial charge is 0.182 e. The van der Waals surface area contributed by atoms with Crippen LogP contribution in [0, 0.1) is 20.8 Å². The molecule has 0 unspecified atom stereocenters. The van der Waals surface area contributed by atoms with Crippen LogP contribution in [-0.4, -0.2) is 41.1 Å². The fourth-order valence-corrected chi connectivity index (χ4v) is 6.33. The van der Waals surface area contributed by atoms with Gasteiger partial charge < -0.3 is 4.57 Å². The zero-order valence-corrected chi connectivity index (χ0v) is 17.9. The predicted molar refractivity (Wildman–Crippen MR) is 117 cm³/mol. The molecule has 1 fully saturated rings. The van der Waals surface area contributed by atoms with Gasteiger partial charge in [0.15, 0.2) is 15.0 Å². The molecule has 1 saturated heterocycles. The Bertz CT molecular complexity index is 1070. The minimum atomic E-state index is -2.92. The third-order valence-electron chi connectivity index (χ3n) is 5.27. The predicted octanol–water partition coefficient (Wildman–Crippen LogP) is 3.50. The summed E-state index contributed by atoms with van der Waals surface area (Å²) in [5.41, 5.74) is 9.39. The number of aliphatic imine (C=N–C) groups is 1. The number of nitrogens with one attached hydrogen (secondary N) is 1. The lowest BCUT2D eigenvalue weighted by atomic mass is 10.1. The summed E-state index contributed by atoms with van der Waals surface area (Å²) < 4.78 is 25.9. The van der Waals surface area contributed by atoms with E-state index in [0.29, 0.717) is 6.42 Å². The lowest BCUT2D eigenvalue weighted by molar-refractivity contribution is 0.535. The molecule has 148 valence electrons. The van der Waals surface area contributed by atoms with Crippen molar-refractivity contribution < 1.29 is 8.42 Å². The average Bonchev–Trinajstić information content (AvgIpc) is 3.16. The largest absolute Gasteiger partial charge is 0.344 e. The van der Waals surface area contributed by atoms with Crippen molar-refractivity contribution in [2.45, 2.75) is 33.2 Å². The summed E-state index contributed by atoms with van der Waals surface area (Å²) in [4.78, 5) is 4.60. The molecule has 3 heterocycles. The molecule has 4 rings (SSSR count). The van der Waals surface area contributed by atoms with Crippen molar-refractivity contribution in [3.63, 3.8) is 0 Å². The molecule has 1 aromatic carbocycles. The Balaban J connectivity index is 1.55. The van der Waals surface area contributed by atoms with Crippen LogP contribution in [0.5, 0.6) is 0 Å². The first-order chi connectivity index (χ1) is 13.3. The van der Waals surface area contributed by atoms with Crippen LogP contribution in [0.25, 0.3) is 0 Å². The fraction of sp³-hybridized carbons (Fsp3) is 0.400. The maximum atomic E-state index is 11.9. The van der Waals surface area contributed by atoms with Gasteiger partial charge in [0, 0.05) is 28.7 Å². The highest BCUT2D eigenvalue weighted by Gasteiger charge is 2.31. The number of sulfone groups is 1. The number of aryl methyl sites for hydroxylation is 2. The molecule has 2 aliphatic heterocycles. The van der Waals surface area contributed by atoms with Gasteiger partial charge in [0.25, 0.3) is 0 Å². The van der Waals surface area contributed by atoms with Crippen molar-refractivity contribution in [3.05, 3.63) is 52.8 Å². The van der Waals surface area contributed by atoms with Gasteiger partial charge in [-0.15, -0.1) is 0 Å². The third-order valence-corrected chi connectivity index (χ3v) is 7.89. The molecule has 2 aliphatic rings. The lowest BCUT2D eigenvalue weighted by Crippen LogP contribution is -2.25. The average molecular weight is 417 g/mol. The van der Waals surface area contributed by atoms with Gasteiger partial charge >= 0.3 is 0 Å². The number of amidine groups is 1. The van der Waals surface area contributed by atoms with E-state index in [2.05, 4.69) is 40.0 Å². The molecular weight excluding hydrogens is 392 g/mol. The van der Waals surface area contributed by atoms with Gasteiger partial charge in [0.1, 0.15) is 0 Å². The van der Waals surface area contributed by atoms with Crippen molar-refractivity contribution in [1.82, 2.24) is 9.99 Å². The number of aromatic nitrogens is 1. The van der Waals surface area contributed by atoms with Crippen LogP contribution in [-0.2, 0) is 9.84 Å². The molecular formula is C20H24N4O2S2. The number of hydrogen-bond donors (Lipinski definition) is 1. The van der Waals surface area contributed by atoms with Crippen molar-refractivity contribution in [2.24, 2.45) is 10.1 Å². The highest BCUT2D eigenvalue weighted by atomic mass is 32.2. The van der Waals surface area contributed by atoms with Gasteiger partial charge in [-0.2, -0.15) is 5.10 Å². The van der Waals surface area contributed by atoms with Gasteiger partial charge in [-0.3, -0.25) is 5.43 Å². The highest BCUT2D eigenvalue weighted by molar-refractivity contribution is 8.14. The van der Waals surface area contributed by atoms with Gasteiger partial charge in [0.2, 0.25) is 0 Å². The van der Waals surface area contributed by atoms with Crippen molar-refractivity contribution in [1.29, 1.82) is 0 Å². The Labute approximate surface area is 170 Å². The maximum absolute atomic E-state index is 11.9. The molecule has 8 heteroatoms. The van der Waals surface area contributed by atoms with Gasteiger partial charge in [-0.05, 0) is 45.4 Å². The zero-order valence-electron chi connectivity index (χ0n) is 16.3. The highest BCUT2D eigenvalue weighted by Crippen LogP contribution is 2.30. The molecule has 0 spiro atoms.